The van der Waals surface area contributed by atoms with Crippen LogP contribution in [0.1, 0.15) is 61.5 Å². The van der Waals surface area contributed by atoms with Crippen molar-refractivity contribution in [2.45, 2.75) is 51.6 Å². The van der Waals surface area contributed by atoms with Crippen molar-refractivity contribution in [2.75, 3.05) is 44.0 Å². The summed E-state index contributed by atoms with van der Waals surface area (Å²) in [6.07, 6.45) is 3.16. The Morgan fingerprint density at radius 2 is 1.59 bits per heavy atom. The van der Waals surface area contributed by atoms with E-state index in [1.54, 1.807) is 53.2 Å². The lowest BCUT2D eigenvalue weighted by Gasteiger charge is -2.33. The molecule has 3 amide bonds. The average molecular weight is 566 g/mol. The average Bonchev–Trinajstić information content (AvgIpc) is 2.95. The normalized spacial score (nSPS) is 17.7. The van der Waals surface area contributed by atoms with Crippen molar-refractivity contribution in [1.29, 1.82) is 0 Å². The molecule has 1 atom stereocenters. The Hall–Kier alpha value is -3.76. The van der Waals surface area contributed by atoms with E-state index in [1.807, 2.05) is 27.9 Å². The quantitative estimate of drug-likeness (QED) is 0.380. The third-order valence-corrected chi connectivity index (χ3v) is 7.65. The van der Waals surface area contributed by atoms with Crippen LogP contribution in [0.15, 0.2) is 48.5 Å². The van der Waals surface area contributed by atoms with Gasteiger partial charge in [-0.05, 0) is 108 Å². The van der Waals surface area contributed by atoms with Crippen LogP contribution in [0.3, 0.4) is 0 Å². The molecule has 222 valence electrons. The molecule has 0 unspecified atom stereocenters. The number of carbonyl (C=O) groups is 4. The zero-order valence-electron chi connectivity index (χ0n) is 24.7. The summed E-state index contributed by atoms with van der Waals surface area (Å²) < 4.78 is 0. The number of nitrogens with two attached hydrogens (primary N) is 1. The van der Waals surface area contributed by atoms with Gasteiger partial charge in [-0.1, -0.05) is 12.1 Å². The fourth-order valence-corrected chi connectivity index (χ4v) is 5.23. The molecule has 1 saturated carbocycles. The molecule has 0 spiro atoms. The molecule has 0 heterocycles. The molecule has 1 aliphatic carbocycles. The number of nitrogens with zero attached hydrogens (tertiary/aromatic N) is 3. The van der Waals surface area contributed by atoms with Gasteiger partial charge in [-0.15, -0.1) is 0 Å². The summed E-state index contributed by atoms with van der Waals surface area (Å²) in [5, 5.41) is 12.3. The number of carboxylic acids is 1. The van der Waals surface area contributed by atoms with Gasteiger partial charge in [0.2, 0.25) is 11.8 Å². The van der Waals surface area contributed by atoms with Crippen LogP contribution in [-0.2, 0) is 14.4 Å². The molecule has 0 bridgehead atoms. The van der Waals surface area contributed by atoms with Crippen LogP contribution in [0.4, 0.5) is 11.4 Å². The van der Waals surface area contributed by atoms with Gasteiger partial charge >= 0.3 is 5.97 Å². The molecule has 2 aromatic rings. The van der Waals surface area contributed by atoms with E-state index in [-0.39, 0.29) is 41.8 Å². The van der Waals surface area contributed by atoms with Gasteiger partial charge in [0.05, 0.1) is 12.1 Å². The molecule has 0 saturated heterocycles. The minimum absolute atomic E-state index is 0.112. The van der Waals surface area contributed by atoms with E-state index >= 15 is 0 Å². The molecule has 0 aromatic heterocycles. The van der Waals surface area contributed by atoms with Gasteiger partial charge in [0.25, 0.3) is 5.91 Å². The molecule has 0 radical (unpaired) electrons. The molecule has 10 nitrogen and oxygen atoms in total. The Bertz CT molecular complexity index is 1220. The van der Waals surface area contributed by atoms with Crippen molar-refractivity contribution >= 4 is 35.1 Å². The van der Waals surface area contributed by atoms with Crippen molar-refractivity contribution in [3.05, 3.63) is 59.7 Å². The van der Waals surface area contributed by atoms with Crippen molar-refractivity contribution in [2.24, 2.45) is 17.6 Å². The van der Waals surface area contributed by atoms with Gasteiger partial charge in [0.15, 0.2) is 0 Å². The van der Waals surface area contributed by atoms with E-state index in [0.29, 0.717) is 42.2 Å². The van der Waals surface area contributed by atoms with Gasteiger partial charge in [0.1, 0.15) is 6.04 Å². The van der Waals surface area contributed by atoms with Crippen molar-refractivity contribution in [3.63, 3.8) is 0 Å². The Labute approximate surface area is 242 Å². The van der Waals surface area contributed by atoms with Crippen LogP contribution in [0.25, 0.3) is 0 Å². The zero-order valence-corrected chi connectivity index (χ0v) is 24.7. The van der Waals surface area contributed by atoms with Gasteiger partial charge < -0.3 is 30.9 Å². The van der Waals surface area contributed by atoms with Crippen LogP contribution in [0.2, 0.25) is 0 Å². The van der Waals surface area contributed by atoms with Crippen LogP contribution < -0.4 is 20.9 Å². The molecule has 10 heteroatoms. The van der Waals surface area contributed by atoms with Crippen molar-refractivity contribution < 1.29 is 24.3 Å². The summed E-state index contributed by atoms with van der Waals surface area (Å²) in [7, 11) is 5.31. The number of benzene rings is 2. The van der Waals surface area contributed by atoms with Gasteiger partial charge in [-0.2, -0.15) is 0 Å². The highest BCUT2D eigenvalue weighted by molar-refractivity contribution is 6.01. The maximum atomic E-state index is 14.3. The maximum Gasteiger partial charge on any atom is 0.335 e. The first-order valence-corrected chi connectivity index (χ1v) is 14.1. The highest BCUT2D eigenvalue weighted by atomic mass is 16.4. The van der Waals surface area contributed by atoms with Gasteiger partial charge in [-0.3, -0.25) is 14.4 Å². The largest absolute Gasteiger partial charge is 0.478 e. The fourth-order valence-electron chi connectivity index (χ4n) is 5.23. The lowest BCUT2D eigenvalue weighted by Crippen LogP contribution is -2.47. The van der Waals surface area contributed by atoms with Crippen molar-refractivity contribution in [1.82, 2.24) is 10.2 Å². The summed E-state index contributed by atoms with van der Waals surface area (Å²) in [6.45, 7) is 4.55. The predicted octanol–water partition coefficient (Wildman–Crippen LogP) is 3.27. The number of hydrogen-bond acceptors (Lipinski definition) is 6. The Morgan fingerprint density at radius 3 is 2.12 bits per heavy atom. The van der Waals surface area contributed by atoms with E-state index in [9.17, 15) is 24.3 Å². The molecular formula is C31H43N5O5. The Kier molecular flexibility index (Phi) is 11.0. The predicted molar refractivity (Wildman–Crippen MR) is 160 cm³/mol. The molecule has 1 fully saturated rings. The molecular weight excluding hydrogens is 522 g/mol. The van der Waals surface area contributed by atoms with Crippen LogP contribution in [-0.4, -0.2) is 74.0 Å². The van der Waals surface area contributed by atoms with Crippen LogP contribution in [0.5, 0.6) is 0 Å². The third-order valence-electron chi connectivity index (χ3n) is 7.65. The van der Waals surface area contributed by atoms with E-state index in [0.717, 1.165) is 12.8 Å². The highest BCUT2D eigenvalue weighted by Crippen LogP contribution is 2.31. The number of anilines is 2. The number of amides is 3. The molecule has 3 rings (SSSR count). The zero-order chi connectivity index (χ0) is 30.3. The summed E-state index contributed by atoms with van der Waals surface area (Å²) in [4.78, 5) is 56.8. The topological polar surface area (TPSA) is 136 Å². The van der Waals surface area contributed by atoms with E-state index in [1.165, 1.54) is 17.0 Å². The highest BCUT2D eigenvalue weighted by Gasteiger charge is 2.34. The number of aromatic carboxylic acids is 1. The number of carbonyl (C=O) groups excluding carboxylic acids is 3. The molecule has 41 heavy (non-hydrogen) atoms. The minimum Gasteiger partial charge on any atom is -0.478 e. The smallest absolute Gasteiger partial charge is 0.335 e. The van der Waals surface area contributed by atoms with Gasteiger partial charge in [0, 0.05) is 30.4 Å². The van der Waals surface area contributed by atoms with Crippen LogP contribution in [0, 0.1) is 11.8 Å². The second-order valence-corrected chi connectivity index (χ2v) is 11.3. The molecule has 4 N–H and O–H groups in total. The lowest BCUT2D eigenvalue weighted by molar-refractivity contribution is -0.131. The third kappa shape index (κ3) is 8.14. The summed E-state index contributed by atoms with van der Waals surface area (Å²) in [6, 6.07) is 11.9. The first-order valence-electron chi connectivity index (χ1n) is 14.1. The van der Waals surface area contributed by atoms with E-state index < -0.39 is 12.0 Å². The maximum absolute atomic E-state index is 14.3. The number of likely N-dealkylation sites (N-methyl/N-ethyl adjacent to an activating group) is 2. The van der Waals surface area contributed by atoms with Crippen LogP contribution >= 0.6 is 0 Å². The lowest BCUT2D eigenvalue weighted by atomic mass is 9.81. The second kappa shape index (κ2) is 14.2. The Morgan fingerprint density at radius 1 is 0.951 bits per heavy atom. The standard InChI is InChI=1S/C31H43N5O5/c1-20(2)36(25-15-13-23(14-16-25)31(40)41)30(39)28(33-29(38)22-11-9-21(18-32)10-12-22)24-7-6-8-26(17-24)35(5)27(37)19-34(3)4/h6-8,13-17,20-22,28H,9-12,18-19,32H2,1-5H3,(H,33,38)(H,40,41)/t21-,22-,28-/m0/s1. The molecule has 1 aliphatic rings. The van der Waals surface area contributed by atoms with E-state index in [2.05, 4.69) is 5.32 Å². The summed E-state index contributed by atoms with van der Waals surface area (Å²) in [5.41, 5.74) is 7.62. The molecule has 0 aliphatic heterocycles. The number of nitrogens with one attached hydrogen (secondary N) is 1. The summed E-state index contributed by atoms with van der Waals surface area (Å²) >= 11 is 0. The van der Waals surface area contributed by atoms with E-state index in [4.69, 9.17) is 5.73 Å². The molecule has 2 aromatic carbocycles. The Balaban J connectivity index is 1.98. The van der Waals surface area contributed by atoms with Crippen molar-refractivity contribution in [3.8, 4) is 0 Å². The second-order valence-electron chi connectivity index (χ2n) is 11.3. The number of rotatable bonds is 11. The van der Waals surface area contributed by atoms with Gasteiger partial charge in [-0.25, -0.2) is 4.79 Å². The summed E-state index contributed by atoms with van der Waals surface area (Å²) in [5.74, 6) is -1.52. The number of hydrogen-bond donors (Lipinski definition) is 3. The fraction of sp³-hybridized carbons (Fsp3) is 0.484. The first kappa shape index (κ1) is 31.8. The number of carboxylic acid groups (broad SMARTS) is 1. The minimum atomic E-state index is -1.06. The SMILES string of the molecule is CC(C)N(C(=O)[C@@H](NC(=O)[C@H]1CC[C@H](CN)CC1)c1cccc(N(C)C(=O)CN(C)C)c1)c1ccc(C(=O)O)cc1. The first-order chi connectivity index (χ1) is 19.4. The monoisotopic (exact) mass is 565 g/mol.